The van der Waals surface area contributed by atoms with Crippen LogP contribution in [0.25, 0.3) is 0 Å². The van der Waals surface area contributed by atoms with Crippen molar-refractivity contribution >= 4 is 5.91 Å². The van der Waals surface area contributed by atoms with Gasteiger partial charge < -0.3 is 9.73 Å². The van der Waals surface area contributed by atoms with Crippen LogP contribution in [-0.4, -0.2) is 35.4 Å². The monoisotopic (exact) mass is 335 g/mol. The maximum absolute atomic E-state index is 13.6. The standard InChI is InChI=1S/C17H19F2N3O2/c1-9-16(24-10(2)20-9)17(23)21-14-6-7-22(3)15(14)11-4-5-12(18)13(19)8-11/h4-5,8,14-15H,6-7H2,1-3H3,(H,21,23)/t14-,15+/m1/s1. The number of likely N-dealkylation sites (tertiary alicyclic amines) is 1. The minimum absolute atomic E-state index is 0.186. The molecule has 3 rings (SSSR count). The molecule has 0 bridgehead atoms. The number of carbonyl (C=O) groups excluding carboxylic acids is 1. The highest BCUT2D eigenvalue weighted by molar-refractivity contribution is 5.92. The number of likely N-dealkylation sites (N-methyl/N-ethyl adjacent to an activating group) is 1. The Morgan fingerprint density at radius 1 is 1.33 bits per heavy atom. The molecule has 1 fully saturated rings. The van der Waals surface area contributed by atoms with Crippen LogP contribution < -0.4 is 5.32 Å². The van der Waals surface area contributed by atoms with Gasteiger partial charge in [-0.15, -0.1) is 0 Å². The number of hydrogen-bond donors (Lipinski definition) is 1. The average molecular weight is 335 g/mol. The first kappa shape index (κ1) is 16.6. The molecule has 2 aromatic rings. The molecule has 0 saturated carbocycles. The van der Waals surface area contributed by atoms with E-state index in [0.717, 1.165) is 12.6 Å². The highest BCUT2D eigenvalue weighted by Crippen LogP contribution is 2.32. The zero-order chi connectivity index (χ0) is 17.4. The summed E-state index contributed by atoms with van der Waals surface area (Å²) in [5.74, 6) is -1.50. The second-order valence-corrected chi connectivity index (χ2v) is 6.12. The number of carbonyl (C=O) groups is 1. The summed E-state index contributed by atoms with van der Waals surface area (Å²) >= 11 is 0. The summed E-state index contributed by atoms with van der Waals surface area (Å²) in [6.07, 6.45) is 0.706. The average Bonchev–Trinajstić information content (AvgIpc) is 3.04. The molecule has 7 heteroatoms. The first-order valence-electron chi connectivity index (χ1n) is 7.77. The Bertz CT molecular complexity index is 775. The van der Waals surface area contributed by atoms with Gasteiger partial charge in [0.25, 0.3) is 5.91 Å². The fraction of sp³-hybridized carbons (Fsp3) is 0.412. The van der Waals surface area contributed by atoms with Crippen molar-refractivity contribution in [3.63, 3.8) is 0 Å². The van der Waals surface area contributed by atoms with Crippen molar-refractivity contribution in [3.8, 4) is 0 Å². The Labute approximate surface area is 138 Å². The van der Waals surface area contributed by atoms with Crippen LogP contribution in [0.3, 0.4) is 0 Å². The highest BCUT2D eigenvalue weighted by Gasteiger charge is 2.35. The maximum Gasteiger partial charge on any atom is 0.289 e. The van der Waals surface area contributed by atoms with Gasteiger partial charge in [-0.25, -0.2) is 13.8 Å². The number of oxazole rings is 1. The summed E-state index contributed by atoms with van der Waals surface area (Å²) in [4.78, 5) is 18.5. The van der Waals surface area contributed by atoms with Crippen molar-refractivity contribution in [1.29, 1.82) is 0 Å². The topological polar surface area (TPSA) is 58.4 Å². The molecule has 2 atom stereocenters. The molecule has 1 amide bonds. The summed E-state index contributed by atoms with van der Waals surface area (Å²) in [6.45, 7) is 4.12. The normalized spacial score (nSPS) is 21.2. The van der Waals surface area contributed by atoms with E-state index in [-0.39, 0.29) is 23.8 Å². The zero-order valence-electron chi connectivity index (χ0n) is 13.8. The number of halogens is 2. The number of benzene rings is 1. The molecule has 2 heterocycles. The van der Waals surface area contributed by atoms with Crippen LogP contribution in [0.4, 0.5) is 8.78 Å². The summed E-state index contributed by atoms with van der Waals surface area (Å²) in [7, 11) is 1.89. The molecule has 1 N–H and O–H groups in total. The highest BCUT2D eigenvalue weighted by atomic mass is 19.2. The van der Waals surface area contributed by atoms with Gasteiger partial charge in [-0.1, -0.05) is 6.07 Å². The van der Waals surface area contributed by atoms with Crippen LogP contribution in [0.15, 0.2) is 22.6 Å². The molecule has 5 nitrogen and oxygen atoms in total. The van der Waals surface area contributed by atoms with E-state index in [1.165, 1.54) is 6.07 Å². The molecular weight excluding hydrogens is 316 g/mol. The van der Waals surface area contributed by atoms with Crippen molar-refractivity contribution in [2.24, 2.45) is 0 Å². The Morgan fingerprint density at radius 3 is 2.71 bits per heavy atom. The van der Waals surface area contributed by atoms with Crippen molar-refractivity contribution in [2.75, 3.05) is 13.6 Å². The largest absolute Gasteiger partial charge is 0.436 e. The molecule has 1 aliphatic heterocycles. The lowest BCUT2D eigenvalue weighted by atomic mass is 9.99. The SMILES string of the molecule is Cc1nc(C)c(C(=O)N[C@@H]2CCN(C)[C@H]2c2ccc(F)c(F)c2)o1. The molecule has 24 heavy (non-hydrogen) atoms. The minimum Gasteiger partial charge on any atom is -0.436 e. The third-order valence-corrected chi connectivity index (χ3v) is 4.36. The number of rotatable bonds is 3. The lowest BCUT2D eigenvalue weighted by Gasteiger charge is -2.26. The number of aryl methyl sites for hydroxylation is 2. The van der Waals surface area contributed by atoms with E-state index in [1.54, 1.807) is 19.9 Å². The Balaban J connectivity index is 1.82. The number of amides is 1. The van der Waals surface area contributed by atoms with E-state index in [1.807, 2.05) is 11.9 Å². The van der Waals surface area contributed by atoms with Gasteiger partial charge in [-0.3, -0.25) is 9.69 Å². The number of nitrogens with zero attached hydrogens (tertiary/aromatic N) is 2. The lowest BCUT2D eigenvalue weighted by Crippen LogP contribution is -2.39. The Kier molecular flexibility index (Phi) is 4.36. The number of hydrogen-bond acceptors (Lipinski definition) is 4. The fourth-order valence-corrected chi connectivity index (χ4v) is 3.26. The van der Waals surface area contributed by atoms with Gasteiger partial charge >= 0.3 is 0 Å². The van der Waals surface area contributed by atoms with Gasteiger partial charge in [0.05, 0.1) is 17.8 Å². The molecule has 0 aliphatic carbocycles. The van der Waals surface area contributed by atoms with Crippen LogP contribution in [0, 0.1) is 25.5 Å². The van der Waals surface area contributed by atoms with Crippen LogP contribution in [-0.2, 0) is 0 Å². The van der Waals surface area contributed by atoms with Gasteiger partial charge in [-0.05, 0) is 38.1 Å². The molecule has 128 valence electrons. The van der Waals surface area contributed by atoms with E-state index in [4.69, 9.17) is 4.42 Å². The lowest BCUT2D eigenvalue weighted by molar-refractivity contribution is 0.0897. The number of nitrogens with one attached hydrogen (secondary N) is 1. The summed E-state index contributed by atoms with van der Waals surface area (Å²) < 4.78 is 32.1. The summed E-state index contributed by atoms with van der Waals surface area (Å²) in [5, 5.41) is 2.93. The third kappa shape index (κ3) is 3.03. The summed E-state index contributed by atoms with van der Waals surface area (Å²) in [6, 6.07) is 3.39. The van der Waals surface area contributed by atoms with Crippen molar-refractivity contribution < 1.29 is 18.0 Å². The first-order valence-corrected chi connectivity index (χ1v) is 7.77. The Morgan fingerprint density at radius 2 is 2.08 bits per heavy atom. The molecular formula is C17H19F2N3O2. The maximum atomic E-state index is 13.6. The molecule has 1 saturated heterocycles. The van der Waals surface area contributed by atoms with Crippen LogP contribution >= 0.6 is 0 Å². The fourth-order valence-electron chi connectivity index (χ4n) is 3.26. The molecule has 0 unspecified atom stereocenters. The van der Waals surface area contributed by atoms with Gasteiger partial charge in [0, 0.05) is 13.5 Å². The molecule has 1 aromatic heterocycles. The molecule has 1 aliphatic rings. The zero-order valence-corrected chi connectivity index (χ0v) is 13.8. The predicted molar refractivity (Wildman–Crippen MR) is 83.6 cm³/mol. The third-order valence-electron chi connectivity index (χ3n) is 4.36. The van der Waals surface area contributed by atoms with Gasteiger partial charge in [0.15, 0.2) is 17.5 Å². The van der Waals surface area contributed by atoms with Crippen molar-refractivity contribution in [3.05, 3.63) is 52.7 Å². The molecule has 0 radical (unpaired) electrons. The van der Waals surface area contributed by atoms with E-state index < -0.39 is 11.6 Å². The second kappa shape index (κ2) is 6.32. The van der Waals surface area contributed by atoms with E-state index in [0.29, 0.717) is 23.6 Å². The van der Waals surface area contributed by atoms with Crippen molar-refractivity contribution in [1.82, 2.24) is 15.2 Å². The number of aromatic nitrogens is 1. The minimum atomic E-state index is -0.889. The Hall–Kier alpha value is -2.28. The second-order valence-electron chi connectivity index (χ2n) is 6.12. The van der Waals surface area contributed by atoms with Gasteiger partial charge in [0.2, 0.25) is 5.76 Å². The van der Waals surface area contributed by atoms with Crippen molar-refractivity contribution in [2.45, 2.75) is 32.4 Å². The van der Waals surface area contributed by atoms with Crippen LogP contribution in [0.5, 0.6) is 0 Å². The summed E-state index contributed by atoms with van der Waals surface area (Å²) in [5.41, 5.74) is 1.16. The van der Waals surface area contributed by atoms with E-state index in [2.05, 4.69) is 10.3 Å². The van der Waals surface area contributed by atoms with Gasteiger partial charge in [-0.2, -0.15) is 0 Å². The quantitative estimate of drug-likeness (QED) is 0.937. The van der Waals surface area contributed by atoms with E-state index in [9.17, 15) is 13.6 Å². The molecule has 0 spiro atoms. The smallest absolute Gasteiger partial charge is 0.289 e. The van der Waals surface area contributed by atoms with Crippen LogP contribution in [0.2, 0.25) is 0 Å². The van der Waals surface area contributed by atoms with E-state index >= 15 is 0 Å². The van der Waals surface area contributed by atoms with Crippen LogP contribution in [0.1, 0.15) is 40.2 Å². The van der Waals surface area contributed by atoms with Gasteiger partial charge in [0.1, 0.15) is 0 Å². The first-order chi connectivity index (χ1) is 11.4. The predicted octanol–water partition coefficient (Wildman–Crippen LogP) is 2.74. The molecule has 1 aromatic carbocycles.